The van der Waals surface area contributed by atoms with Gasteiger partial charge in [-0.15, -0.1) is 0 Å². The molecule has 0 aliphatic rings. The Balaban J connectivity index is 0.000000224. The van der Waals surface area contributed by atoms with E-state index in [9.17, 15) is 8.78 Å². The molecule has 0 fully saturated rings. The third kappa shape index (κ3) is 9.33. The molecule has 0 saturated heterocycles. The second-order valence-electron chi connectivity index (χ2n) is 7.67. The number of methoxy groups -OCH3 is 4. The maximum absolute atomic E-state index is 14.0. The van der Waals surface area contributed by atoms with Crippen molar-refractivity contribution >= 4 is 67.0 Å². The summed E-state index contributed by atoms with van der Waals surface area (Å²) in [6.07, 6.45) is 0. The van der Waals surface area contributed by atoms with E-state index in [0.717, 1.165) is 4.47 Å². The Kier molecular flexibility index (Phi) is 14.2. The van der Waals surface area contributed by atoms with Gasteiger partial charge in [-0.1, -0.05) is 50.1 Å². The Labute approximate surface area is 262 Å². The van der Waals surface area contributed by atoms with Crippen LogP contribution in [0.15, 0.2) is 81.7 Å². The average Bonchev–Trinajstić information content (AvgIpc) is 2.95. The van der Waals surface area contributed by atoms with Crippen LogP contribution in [0.3, 0.4) is 0 Å². The maximum Gasteiger partial charge on any atom is 0.496 e. The Bertz CT molecular complexity index is 1370. The highest BCUT2D eigenvalue weighted by Crippen LogP contribution is 2.39. The van der Waals surface area contributed by atoms with Crippen LogP contribution < -0.4 is 24.4 Å². The highest BCUT2D eigenvalue weighted by Gasteiger charge is 2.21. The molecular formula is C28H26BBr2F2IO6. The molecule has 0 aliphatic heterocycles. The summed E-state index contributed by atoms with van der Waals surface area (Å²) >= 11 is 8.34. The molecule has 4 aromatic carbocycles. The minimum Gasteiger partial charge on any atom is -0.497 e. The van der Waals surface area contributed by atoms with Crippen molar-refractivity contribution in [2.24, 2.45) is 0 Å². The zero-order valence-electron chi connectivity index (χ0n) is 21.9. The number of ether oxygens (including phenoxy) is 4. The van der Waals surface area contributed by atoms with Crippen molar-refractivity contribution in [1.82, 2.24) is 0 Å². The van der Waals surface area contributed by atoms with Gasteiger partial charge in [-0.3, -0.25) is 0 Å². The van der Waals surface area contributed by atoms with Gasteiger partial charge in [0.15, 0.2) is 0 Å². The van der Waals surface area contributed by atoms with Gasteiger partial charge in [-0.25, -0.2) is 8.78 Å². The highest BCUT2D eigenvalue weighted by molar-refractivity contribution is 14.1. The Hall–Kier alpha value is -2.39. The normalized spacial score (nSPS) is 9.88. The minimum absolute atomic E-state index is 0.176. The van der Waals surface area contributed by atoms with Crippen LogP contribution in [0.4, 0.5) is 8.78 Å². The van der Waals surface area contributed by atoms with E-state index in [4.69, 9.17) is 29.0 Å². The summed E-state index contributed by atoms with van der Waals surface area (Å²) in [5, 5.41) is 18.1. The van der Waals surface area contributed by atoms with Gasteiger partial charge in [0.1, 0.15) is 34.6 Å². The van der Waals surface area contributed by atoms with Crippen molar-refractivity contribution in [3.8, 4) is 34.1 Å². The summed E-state index contributed by atoms with van der Waals surface area (Å²) in [6, 6.07) is 20.2. The van der Waals surface area contributed by atoms with Crippen molar-refractivity contribution in [1.29, 1.82) is 0 Å². The molecular weight excluding hydrogens is 768 g/mol. The average molecular weight is 794 g/mol. The molecule has 40 heavy (non-hydrogen) atoms. The van der Waals surface area contributed by atoms with Crippen molar-refractivity contribution in [2.75, 3.05) is 28.4 Å². The first kappa shape index (κ1) is 33.8. The fourth-order valence-corrected chi connectivity index (χ4v) is 4.42. The number of halogens is 5. The maximum atomic E-state index is 14.0. The third-order valence-electron chi connectivity index (χ3n) is 5.23. The molecule has 4 rings (SSSR count). The summed E-state index contributed by atoms with van der Waals surface area (Å²) in [7, 11) is 4.43. The summed E-state index contributed by atoms with van der Waals surface area (Å²) in [5.74, 6) is 1.45. The summed E-state index contributed by atoms with van der Waals surface area (Å²) in [6.45, 7) is 0. The number of rotatable bonds is 6. The minimum atomic E-state index is -1.59. The molecule has 0 amide bonds. The Morgan fingerprint density at radius 3 is 1.45 bits per heavy atom. The first-order valence-corrected chi connectivity index (χ1v) is 14.1. The fourth-order valence-electron chi connectivity index (χ4n) is 3.41. The number of hydrogen-bond donors (Lipinski definition) is 2. The molecule has 0 aliphatic carbocycles. The van der Waals surface area contributed by atoms with Crippen LogP contribution in [0.5, 0.6) is 23.0 Å². The molecule has 0 atom stereocenters. The lowest BCUT2D eigenvalue weighted by atomic mass is 9.78. The van der Waals surface area contributed by atoms with Crippen LogP contribution in [0, 0.1) is 15.2 Å². The standard InChI is InChI=1S/C14H12BrFO2.C8H11BO4.C6H3BrFI/c1-17-12-4-3-5-13(18-2)14(12)10-7-6-9(15)8-11(10)16;1-12-6-4-3-5-7(13-2)8(6)9(10)11;7-4-1-2-6(9)5(8)3-4/h3-8H,1-2H3;3-5,10-11H,1-2H3;1-3H. The smallest absolute Gasteiger partial charge is 0.496 e. The molecule has 0 spiro atoms. The molecule has 0 aromatic heterocycles. The molecule has 212 valence electrons. The van der Waals surface area contributed by atoms with Crippen molar-refractivity contribution < 1.29 is 37.8 Å². The van der Waals surface area contributed by atoms with Gasteiger partial charge in [0.25, 0.3) is 0 Å². The van der Waals surface area contributed by atoms with Gasteiger partial charge in [-0.2, -0.15) is 0 Å². The second-order valence-corrected chi connectivity index (χ2v) is 10.7. The van der Waals surface area contributed by atoms with Crippen molar-refractivity contribution in [3.05, 3.63) is 96.9 Å². The highest BCUT2D eigenvalue weighted by atomic mass is 127. The summed E-state index contributed by atoms with van der Waals surface area (Å²) in [5.41, 5.74) is 1.31. The van der Waals surface area contributed by atoms with Gasteiger partial charge >= 0.3 is 7.12 Å². The first-order chi connectivity index (χ1) is 19.1. The topological polar surface area (TPSA) is 77.4 Å². The molecule has 0 bridgehead atoms. The quantitative estimate of drug-likeness (QED) is 0.127. The van der Waals surface area contributed by atoms with Gasteiger partial charge < -0.3 is 29.0 Å². The lowest BCUT2D eigenvalue weighted by molar-refractivity contribution is 0.385. The zero-order valence-corrected chi connectivity index (χ0v) is 27.3. The van der Waals surface area contributed by atoms with E-state index in [1.54, 1.807) is 68.8 Å². The fraction of sp³-hybridized carbons (Fsp3) is 0.143. The van der Waals surface area contributed by atoms with Crippen LogP contribution in [0.25, 0.3) is 11.1 Å². The van der Waals surface area contributed by atoms with Crippen LogP contribution in [-0.2, 0) is 0 Å². The van der Waals surface area contributed by atoms with Crippen LogP contribution in [0.2, 0.25) is 0 Å². The number of hydrogen-bond acceptors (Lipinski definition) is 6. The van der Waals surface area contributed by atoms with Gasteiger partial charge in [-0.05, 0) is 77.2 Å². The summed E-state index contributed by atoms with van der Waals surface area (Å²) < 4.78 is 49.1. The molecule has 6 nitrogen and oxygen atoms in total. The predicted molar refractivity (Wildman–Crippen MR) is 169 cm³/mol. The SMILES string of the molecule is COc1cccc(OC)c1-c1ccc(Br)cc1F.COc1cccc(OC)c1B(O)O.Fc1cc(Br)ccc1I. The van der Waals surface area contributed by atoms with Crippen LogP contribution in [0.1, 0.15) is 0 Å². The van der Waals surface area contributed by atoms with Gasteiger partial charge in [0, 0.05) is 18.1 Å². The van der Waals surface area contributed by atoms with E-state index >= 15 is 0 Å². The molecule has 0 unspecified atom stereocenters. The van der Waals surface area contributed by atoms with E-state index in [1.807, 2.05) is 28.7 Å². The summed E-state index contributed by atoms with van der Waals surface area (Å²) in [4.78, 5) is 0. The Morgan fingerprint density at radius 2 is 1.07 bits per heavy atom. The van der Waals surface area contributed by atoms with Crippen LogP contribution in [-0.4, -0.2) is 45.6 Å². The molecule has 4 aromatic rings. The zero-order chi connectivity index (χ0) is 29.8. The predicted octanol–water partition coefficient (Wildman–Crippen LogP) is 6.85. The molecule has 0 saturated carbocycles. The van der Waals surface area contributed by atoms with Gasteiger partial charge in [0.05, 0.1) is 39.5 Å². The molecule has 12 heteroatoms. The van der Waals surface area contributed by atoms with E-state index in [-0.39, 0.29) is 17.1 Å². The molecule has 0 radical (unpaired) electrons. The second kappa shape index (κ2) is 16.8. The monoisotopic (exact) mass is 792 g/mol. The van der Waals surface area contributed by atoms with E-state index in [1.165, 1.54) is 26.4 Å². The van der Waals surface area contributed by atoms with Crippen molar-refractivity contribution in [3.63, 3.8) is 0 Å². The molecule has 0 heterocycles. The van der Waals surface area contributed by atoms with Crippen LogP contribution >= 0.6 is 54.5 Å². The lowest BCUT2D eigenvalue weighted by Gasteiger charge is -2.13. The largest absolute Gasteiger partial charge is 0.497 e. The third-order valence-corrected chi connectivity index (χ3v) is 7.10. The molecule has 2 N–H and O–H groups in total. The van der Waals surface area contributed by atoms with Crippen molar-refractivity contribution in [2.45, 2.75) is 0 Å². The van der Waals surface area contributed by atoms with E-state index in [0.29, 0.717) is 42.2 Å². The lowest BCUT2D eigenvalue weighted by Crippen LogP contribution is -2.32. The number of benzene rings is 4. The van der Waals surface area contributed by atoms with E-state index in [2.05, 4.69) is 31.9 Å². The van der Waals surface area contributed by atoms with Gasteiger partial charge in [0.2, 0.25) is 0 Å². The van der Waals surface area contributed by atoms with E-state index < -0.39 is 7.12 Å². The Morgan fingerprint density at radius 1 is 0.650 bits per heavy atom. The first-order valence-electron chi connectivity index (χ1n) is 11.4.